The Morgan fingerprint density at radius 1 is 1.13 bits per heavy atom. The van der Waals surface area contributed by atoms with Gasteiger partial charge >= 0.3 is 24.9 Å². The summed E-state index contributed by atoms with van der Waals surface area (Å²) in [5.74, 6) is 0.434. The Morgan fingerprint density at radius 3 is 2.27 bits per heavy atom. The van der Waals surface area contributed by atoms with E-state index in [9.17, 15) is 0 Å². The second kappa shape index (κ2) is 6.57. The molecule has 0 bridgehead atoms. The molecule has 0 saturated heterocycles. The van der Waals surface area contributed by atoms with Crippen molar-refractivity contribution < 1.29 is 33.1 Å². The maximum atomic E-state index is 5.07. The molecule has 0 aromatic carbocycles. The average Bonchev–Trinajstić information content (AvgIpc) is 2.20. The fourth-order valence-corrected chi connectivity index (χ4v) is 1.04. The molecule has 0 aliphatic heterocycles. The Labute approximate surface area is 101 Å². The number of rotatable bonds is 4. The Kier molecular flexibility index (Phi) is 6.17. The van der Waals surface area contributed by atoms with Crippen LogP contribution in [0, 0.1) is 6.92 Å². The molecule has 0 spiro atoms. The Bertz CT molecular complexity index is 320. The summed E-state index contributed by atoms with van der Waals surface area (Å²) in [4.78, 5) is 8.03. The van der Waals surface area contributed by atoms with Gasteiger partial charge in [0.05, 0.1) is 14.2 Å². The van der Waals surface area contributed by atoms with E-state index in [0.717, 1.165) is 5.56 Å². The van der Waals surface area contributed by atoms with Crippen molar-refractivity contribution in [2.24, 2.45) is 0 Å². The third-order valence-electron chi connectivity index (χ3n) is 1.70. The van der Waals surface area contributed by atoms with E-state index in [4.69, 9.17) is 14.2 Å². The van der Waals surface area contributed by atoms with Crippen LogP contribution in [0.25, 0.3) is 0 Å². The monoisotopic (exact) mass is 204 g/mol. The quantitative estimate of drug-likeness (QED) is 0.412. The number of hydrogen-bond acceptors (Lipinski definition) is 5. The van der Waals surface area contributed by atoms with Crippen LogP contribution < -0.4 is 28.3 Å². The van der Waals surface area contributed by atoms with Gasteiger partial charge in [0.15, 0.2) is 0 Å². The van der Waals surface area contributed by atoms with Crippen LogP contribution >= 0.6 is 0 Å². The molecule has 1 heterocycles. The van der Waals surface area contributed by atoms with Crippen molar-refractivity contribution >= 4 is 0 Å². The predicted molar refractivity (Wildman–Crippen MR) is 50.3 cm³/mol. The molecule has 0 amide bonds. The van der Waals surface area contributed by atoms with Gasteiger partial charge in [-0.25, -0.2) is 11.9 Å². The van der Waals surface area contributed by atoms with Crippen LogP contribution in [-0.2, 0) is 11.3 Å². The molecule has 0 radical (unpaired) electrons. The van der Waals surface area contributed by atoms with Crippen LogP contribution in [-0.4, -0.2) is 31.3 Å². The molecule has 15 heavy (non-hydrogen) atoms. The second-order valence-electron chi connectivity index (χ2n) is 2.58. The van der Waals surface area contributed by atoms with Gasteiger partial charge in [-0.15, -0.1) is 0 Å². The van der Waals surface area contributed by atoms with E-state index < -0.39 is 0 Å². The summed E-state index contributed by atoms with van der Waals surface area (Å²) in [7, 11) is 4.60. The summed E-state index contributed by atoms with van der Waals surface area (Å²) in [5.41, 5.74) is 1.28. The van der Waals surface area contributed by atoms with Gasteiger partial charge in [0, 0.05) is 13.7 Å². The van der Waals surface area contributed by atoms with Crippen LogP contribution in [0.5, 0.6) is 11.9 Å². The van der Waals surface area contributed by atoms with E-state index in [1.807, 2.05) is 0 Å². The number of methoxy groups -OCH3 is 3. The van der Waals surface area contributed by atoms with Crippen molar-refractivity contribution in [2.75, 3.05) is 21.3 Å². The molecule has 0 N–H and O–H groups in total. The van der Waals surface area contributed by atoms with Gasteiger partial charge in [0.25, 0.3) is 0 Å². The second-order valence-corrected chi connectivity index (χ2v) is 2.58. The predicted octanol–water partition coefficient (Wildman–Crippen LogP) is -2.17. The first-order valence-electron chi connectivity index (χ1n) is 4.02. The average molecular weight is 204 g/mol. The maximum Gasteiger partial charge on any atom is 1.00 e. The van der Waals surface area contributed by atoms with Crippen molar-refractivity contribution in [3.63, 3.8) is 0 Å². The SMILES string of the molecule is [CH2-]c1nc(OC)nc(OC)c1COC.[Li+]. The van der Waals surface area contributed by atoms with E-state index in [0.29, 0.717) is 18.2 Å². The van der Waals surface area contributed by atoms with Crippen molar-refractivity contribution in [2.45, 2.75) is 6.61 Å². The molecule has 1 rings (SSSR count). The summed E-state index contributed by atoms with van der Waals surface area (Å²) in [6.45, 7) is 4.13. The van der Waals surface area contributed by atoms with E-state index in [2.05, 4.69) is 16.9 Å². The molecule has 0 aliphatic carbocycles. The van der Waals surface area contributed by atoms with Crippen LogP contribution in [0.15, 0.2) is 0 Å². The largest absolute Gasteiger partial charge is 1.00 e. The molecule has 5 nitrogen and oxygen atoms in total. The minimum absolute atomic E-state index is 0. The molecule has 78 valence electrons. The van der Waals surface area contributed by atoms with Gasteiger partial charge in [-0.3, -0.25) is 0 Å². The standard InChI is InChI=1S/C9H13N2O3.Li/c1-6-7(5-12-2)8(13-3)11-9(10-6)14-4;/h1,5H2,2-4H3;/q-1;+1. The first kappa shape index (κ1) is 14.1. The zero-order valence-electron chi connectivity index (χ0n) is 9.53. The van der Waals surface area contributed by atoms with Crippen molar-refractivity contribution in [3.05, 3.63) is 18.2 Å². The summed E-state index contributed by atoms with van der Waals surface area (Å²) >= 11 is 0. The topological polar surface area (TPSA) is 53.5 Å². The van der Waals surface area contributed by atoms with E-state index in [1.54, 1.807) is 7.11 Å². The third-order valence-corrected chi connectivity index (χ3v) is 1.70. The van der Waals surface area contributed by atoms with E-state index >= 15 is 0 Å². The van der Waals surface area contributed by atoms with Crippen molar-refractivity contribution in [3.8, 4) is 11.9 Å². The first-order valence-corrected chi connectivity index (χ1v) is 4.02. The smallest absolute Gasteiger partial charge is 0.496 e. The minimum Gasteiger partial charge on any atom is -0.496 e. The normalized spacial score (nSPS) is 9.27. The zero-order chi connectivity index (χ0) is 10.6. The number of nitrogens with zero attached hydrogens (tertiary/aromatic N) is 2. The van der Waals surface area contributed by atoms with Crippen molar-refractivity contribution in [1.29, 1.82) is 0 Å². The minimum atomic E-state index is 0. The summed E-state index contributed by atoms with van der Waals surface area (Å²) in [6.07, 6.45) is 0. The summed E-state index contributed by atoms with van der Waals surface area (Å²) in [6, 6.07) is 0.242. The van der Waals surface area contributed by atoms with Gasteiger partial charge in [-0.1, -0.05) is 11.3 Å². The maximum absolute atomic E-state index is 5.07. The van der Waals surface area contributed by atoms with Gasteiger partial charge in [0.2, 0.25) is 0 Å². The van der Waals surface area contributed by atoms with Gasteiger partial charge in [-0.05, 0) is 0 Å². The Balaban J connectivity index is 0.00000196. The van der Waals surface area contributed by atoms with Crippen LogP contribution in [0.1, 0.15) is 11.3 Å². The molecule has 0 aliphatic rings. The summed E-state index contributed by atoms with van der Waals surface area (Å²) < 4.78 is 14.9. The van der Waals surface area contributed by atoms with Crippen LogP contribution in [0.4, 0.5) is 0 Å². The van der Waals surface area contributed by atoms with Crippen LogP contribution in [0.3, 0.4) is 0 Å². The molecule has 0 saturated carbocycles. The molecular formula is C9H13LiN2O3. The van der Waals surface area contributed by atoms with Crippen molar-refractivity contribution in [1.82, 2.24) is 9.97 Å². The molecule has 0 atom stereocenters. The molecule has 1 aromatic heterocycles. The van der Waals surface area contributed by atoms with E-state index in [-0.39, 0.29) is 24.9 Å². The third kappa shape index (κ3) is 3.31. The Hall–Kier alpha value is -0.893. The van der Waals surface area contributed by atoms with Crippen LogP contribution in [0.2, 0.25) is 0 Å². The van der Waals surface area contributed by atoms with Gasteiger partial charge in [0.1, 0.15) is 5.88 Å². The molecular weight excluding hydrogens is 191 g/mol. The van der Waals surface area contributed by atoms with Gasteiger partial charge < -0.3 is 14.2 Å². The van der Waals surface area contributed by atoms with E-state index in [1.165, 1.54) is 14.2 Å². The molecule has 0 fully saturated rings. The number of aromatic nitrogens is 2. The zero-order valence-corrected chi connectivity index (χ0v) is 9.53. The fraction of sp³-hybridized carbons (Fsp3) is 0.444. The fourth-order valence-electron chi connectivity index (χ4n) is 1.04. The van der Waals surface area contributed by atoms with Gasteiger partial charge in [-0.2, -0.15) is 4.98 Å². The number of ether oxygens (including phenoxy) is 3. The first-order chi connectivity index (χ1) is 6.72. The Morgan fingerprint density at radius 2 is 1.80 bits per heavy atom. The summed E-state index contributed by atoms with van der Waals surface area (Å²) in [5, 5.41) is 0. The molecule has 0 unspecified atom stereocenters. The molecule has 6 heteroatoms. The molecule has 1 aromatic rings. The number of hydrogen-bond donors (Lipinski definition) is 0.